The molecule has 3 heterocycles. The average Bonchev–Trinajstić information content (AvgIpc) is 3.48. The minimum absolute atomic E-state index is 0.0567. The van der Waals surface area contributed by atoms with Crippen LogP contribution in [-0.4, -0.2) is 27.5 Å². The zero-order valence-electron chi connectivity index (χ0n) is 15.9. The summed E-state index contributed by atoms with van der Waals surface area (Å²) in [6.45, 7) is 0.183. The van der Waals surface area contributed by atoms with Gasteiger partial charge in [0.2, 0.25) is 23.5 Å². The summed E-state index contributed by atoms with van der Waals surface area (Å²) in [5.74, 6) is 0.815. The van der Waals surface area contributed by atoms with E-state index in [1.807, 2.05) is 41.8 Å². The van der Waals surface area contributed by atoms with Crippen molar-refractivity contribution in [1.29, 1.82) is 0 Å². The van der Waals surface area contributed by atoms with E-state index < -0.39 is 0 Å². The summed E-state index contributed by atoms with van der Waals surface area (Å²) >= 11 is 1.67. The van der Waals surface area contributed by atoms with E-state index in [-0.39, 0.29) is 23.9 Å². The fourth-order valence-corrected chi connectivity index (χ4v) is 4.42. The third-order valence-electron chi connectivity index (χ3n) is 5.10. The fraction of sp³-hybridized carbons (Fsp3) is 0.333. The Balaban J connectivity index is 1.30. The topological polar surface area (TPSA) is 97.1 Å². The second kappa shape index (κ2) is 8.57. The van der Waals surface area contributed by atoms with Crippen LogP contribution < -0.4 is 10.6 Å². The van der Waals surface area contributed by atoms with Crippen molar-refractivity contribution in [2.24, 2.45) is 0 Å². The van der Waals surface area contributed by atoms with Gasteiger partial charge in [0, 0.05) is 35.2 Å². The van der Waals surface area contributed by atoms with Crippen molar-refractivity contribution in [2.75, 3.05) is 0 Å². The molecule has 1 aliphatic rings. The molecule has 1 unspecified atom stereocenters. The SMILES string of the molecule is O=C(CCC1(Cc2cccs2)CCC(=O)N1)NCc1nc(-c2ccccc2)no1. The Morgan fingerprint density at radius 3 is 2.83 bits per heavy atom. The number of carbonyl (C=O) groups is 2. The predicted octanol–water partition coefficient (Wildman–Crippen LogP) is 3.09. The van der Waals surface area contributed by atoms with E-state index in [1.54, 1.807) is 11.3 Å². The molecule has 0 spiro atoms. The molecular weight excluding hydrogens is 388 g/mol. The monoisotopic (exact) mass is 410 g/mol. The minimum atomic E-state index is -0.343. The third kappa shape index (κ3) is 4.89. The number of nitrogens with zero attached hydrogens (tertiary/aromatic N) is 2. The van der Waals surface area contributed by atoms with E-state index in [2.05, 4.69) is 26.8 Å². The zero-order valence-corrected chi connectivity index (χ0v) is 16.7. The van der Waals surface area contributed by atoms with Crippen molar-refractivity contribution >= 4 is 23.2 Å². The van der Waals surface area contributed by atoms with Crippen molar-refractivity contribution in [3.05, 3.63) is 58.6 Å². The lowest BCUT2D eigenvalue weighted by Crippen LogP contribution is -2.44. The van der Waals surface area contributed by atoms with Crippen molar-refractivity contribution < 1.29 is 14.1 Å². The molecule has 29 heavy (non-hydrogen) atoms. The van der Waals surface area contributed by atoms with Gasteiger partial charge in [-0.15, -0.1) is 11.3 Å². The van der Waals surface area contributed by atoms with Gasteiger partial charge in [-0.2, -0.15) is 4.98 Å². The number of rotatable bonds is 8. The van der Waals surface area contributed by atoms with E-state index in [1.165, 1.54) is 4.88 Å². The number of thiophene rings is 1. The Kier molecular flexibility index (Phi) is 5.71. The highest BCUT2D eigenvalue weighted by Crippen LogP contribution is 2.31. The molecule has 1 aromatic carbocycles. The largest absolute Gasteiger partial charge is 0.350 e. The Morgan fingerprint density at radius 2 is 2.10 bits per heavy atom. The summed E-state index contributed by atoms with van der Waals surface area (Å²) in [6.07, 6.45) is 2.94. The molecule has 0 radical (unpaired) electrons. The second-order valence-corrected chi connectivity index (χ2v) is 8.27. The molecule has 8 heteroatoms. The first-order valence-electron chi connectivity index (χ1n) is 9.60. The highest BCUT2D eigenvalue weighted by molar-refractivity contribution is 7.09. The molecule has 3 aromatic rings. The molecule has 150 valence electrons. The zero-order chi connectivity index (χ0) is 20.1. The first-order chi connectivity index (χ1) is 14.1. The molecule has 0 saturated carbocycles. The molecule has 2 aromatic heterocycles. The molecule has 1 saturated heterocycles. The normalized spacial score (nSPS) is 18.6. The number of hydrogen-bond acceptors (Lipinski definition) is 6. The van der Waals surface area contributed by atoms with Crippen molar-refractivity contribution in [3.8, 4) is 11.4 Å². The standard InChI is InChI=1S/C21H22N4O3S/c26-17(22-14-19-23-20(25-28-19)15-5-2-1-3-6-15)8-10-21(11-9-18(27)24-21)13-16-7-4-12-29-16/h1-7,12H,8-11,13-14H2,(H,22,26)(H,24,27). The number of carbonyl (C=O) groups excluding carboxylic acids is 2. The molecule has 0 bridgehead atoms. The molecule has 2 amide bonds. The second-order valence-electron chi connectivity index (χ2n) is 7.24. The Labute approximate surface area is 172 Å². The lowest BCUT2D eigenvalue weighted by molar-refractivity contribution is -0.123. The summed E-state index contributed by atoms with van der Waals surface area (Å²) in [5, 5.41) is 11.9. The van der Waals surface area contributed by atoms with Crippen LogP contribution in [0, 0.1) is 0 Å². The van der Waals surface area contributed by atoms with Gasteiger partial charge in [0.1, 0.15) is 0 Å². The lowest BCUT2D eigenvalue weighted by atomic mass is 9.87. The van der Waals surface area contributed by atoms with Gasteiger partial charge in [-0.05, 0) is 24.3 Å². The van der Waals surface area contributed by atoms with Gasteiger partial charge in [-0.3, -0.25) is 9.59 Å². The van der Waals surface area contributed by atoms with Crippen LogP contribution in [0.1, 0.15) is 36.5 Å². The lowest BCUT2D eigenvalue weighted by Gasteiger charge is -2.28. The van der Waals surface area contributed by atoms with Crippen LogP contribution in [0.2, 0.25) is 0 Å². The third-order valence-corrected chi connectivity index (χ3v) is 5.97. The van der Waals surface area contributed by atoms with Gasteiger partial charge in [-0.25, -0.2) is 0 Å². The molecule has 7 nitrogen and oxygen atoms in total. The van der Waals surface area contributed by atoms with Crippen molar-refractivity contribution in [3.63, 3.8) is 0 Å². The van der Waals surface area contributed by atoms with Gasteiger partial charge in [0.15, 0.2) is 0 Å². The maximum atomic E-state index is 12.4. The Morgan fingerprint density at radius 1 is 1.24 bits per heavy atom. The number of benzene rings is 1. The summed E-state index contributed by atoms with van der Waals surface area (Å²) in [5.41, 5.74) is 0.519. The van der Waals surface area contributed by atoms with Crippen molar-refractivity contribution in [1.82, 2.24) is 20.8 Å². The van der Waals surface area contributed by atoms with Crippen LogP contribution in [-0.2, 0) is 22.6 Å². The van der Waals surface area contributed by atoms with Gasteiger partial charge in [-0.1, -0.05) is 41.6 Å². The number of hydrogen-bond donors (Lipinski definition) is 2. The molecule has 4 rings (SSSR count). The minimum Gasteiger partial charge on any atom is -0.350 e. The van der Waals surface area contributed by atoms with E-state index in [9.17, 15) is 9.59 Å². The first kappa shape index (κ1) is 19.3. The van der Waals surface area contributed by atoms with Gasteiger partial charge in [0.05, 0.1) is 6.54 Å². The Bertz CT molecular complexity index is 971. The maximum absolute atomic E-state index is 12.4. The number of aromatic nitrogens is 2. The van der Waals surface area contributed by atoms with Crippen LogP contribution in [0.5, 0.6) is 0 Å². The van der Waals surface area contributed by atoms with Gasteiger partial charge < -0.3 is 15.2 Å². The van der Waals surface area contributed by atoms with Gasteiger partial charge in [0.25, 0.3) is 0 Å². The summed E-state index contributed by atoms with van der Waals surface area (Å²) < 4.78 is 5.22. The van der Waals surface area contributed by atoms with E-state index in [0.717, 1.165) is 18.4 Å². The fourth-order valence-electron chi connectivity index (χ4n) is 3.58. The van der Waals surface area contributed by atoms with Crippen LogP contribution in [0.4, 0.5) is 0 Å². The summed E-state index contributed by atoms with van der Waals surface area (Å²) in [6, 6.07) is 13.6. The highest BCUT2D eigenvalue weighted by atomic mass is 32.1. The maximum Gasteiger partial charge on any atom is 0.246 e. The first-order valence-corrected chi connectivity index (χ1v) is 10.5. The molecule has 0 aliphatic carbocycles. The van der Waals surface area contributed by atoms with Crippen LogP contribution >= 0.6 is 11.3 Å². The smallest absolute Gasteiger partial charge is 0.246 e. The van der Waals surface area contributed by atoms with Crippen LogP contribution in [0.15, 0.2) is 52.4 Å². The van der Waals surface area contributed by atoms with Gasteiger partial charge >= 0.3 is 0 Å². The van der Waals surface area contributed by atoms with Crippen molar-refractivity contribution in [2.45, 2.75) is 44.2 Å². The molecule has 2 N–H and O–H groups in total. The summed E-state index contributed by atoms with van der Waals surface area (Å²) in [4.78, 5) is 29.7. The molecular formula is C21H22N4O3S. The van der Waals surface area contributed by atoms with Crippen LogP contribution in [0.25, 0.3) is 11.4 Å². The van der Waals surface area contributed by atoms with E-state index in [4.69, 9.17) is 4.52 Å². The highest BCUT2D eigenvalue weighted by Gasteiger charge is 2.38. The number of amides is 2. The Hall–Kier alpha value is -3.00. The molecule has 1 fully saturated rings. The predicted molar refractivity (Wildman–Crippen MR) is 109 cm³/mol. The van der Waals surface area contributed by atoms with E-state index >= 15 is 0 Å². The van der Waals surface area contributed by atoms with E-state index in [0.29, 0.717) is 31.0 Å². The number of nitrogens with one attached hydrogen (secondary N) is 2. The summed E-state index contributed by atoms with van der Waals surface area (Å²) in [7, 11) is 0. The quantitative estimate of drug-likeness (QED) is 0.595. The molecule has 1 atom stereocenters. The van der Waals surface area contributed by atoms with Crippen LogP contribution in [0.3, 0.4) is 0 Å². The molecule has 1 aliphatic heterocycles. The average molecular weight is 410 g/mol.